The van der Waals surface area contributed by atoms with Gasteiger partial charge >= 0.3 is 0 Å². The maximum absolute atomic E-state index is 5.81. The molecule has 1 aliphatic carbocycles. The quantitative estimate of drug-likeness (QED) is 0.799. The zero-order valence-corrected chi connectivity index (χ0v) is 10.9. The predicted octanol–water partition coefficient (Wildman–Crippen LogP) is 4.08. The maximum Gasteiger partial charge on any atom is 0.121 e. The molecule has 2 heteroatoms. The van der Waals surface area contributed by atoms with Gasteiger partial charge in [0.1, 0.15) is 5.75 Å². The molecule has 1 aliphatic rings. The van der Waals surface area contributed by atoms with Crippen LogP contribution in [0.15, 0.2) is 24.3 Å². The Kier molecular flexibility index (Phi) is 4.29. The molecule has 0 amide bonds. The number of benzene rings is 1. The summed E-state index contributed by atoms with van der Waals surface area (Å²) >= 11 is 0. The lowest BCUT2D eigenvalue weighted by Gasteiger charge is -2.26. The Morgan fingerprint density at radius 3 is 2.88 bits per heavy atom. The highest BCUT2D eigenvalue weighted by molar-refractivity contribution is 5.48. The normalized spacial score (nSPS) is 17.3. The third-order valence-corrected chi connectivity index (χ3v) is 3.57. The average molecular weight is 233 g/mol. The smallest absolute Gasteiger partial charge is 0.121 e. The second kappa shape index (κ2) is 5.95. The van der Waals surface area contributed by atoms with E-state index in [0.717, 1.165) is 24.6 Å². The zero-order valence-electron chi connectivity index (χ0n) is 10.9. The first-order valence-electron chi connectivity index (χ1n) is 6.78. The second-order valence-electron chi connectivity index (χ2n) is 5.04. The lowest BCUT2D eigenvalue weighted by molar-refractivity contribution is 0.217. The van der Waals surface area contributed by atoms with Crippen LogP contribution in [0.3, 0.4) is 0 Å². The maximum atomic E-state index is 5.81. The van der Waals surface area contributed by atoms with Gasteiger partial charge in [0.2, 0.25) is 0 Å². The molecule has 2 rings (SSSR count). The Morgan fingerprint density at radius 2 is 2.24 bits per heavy atom. The fraction of sp³-hybridized carbons (Fsp3) is 0.600. The second-order valence-corrected chi connectivity index (χ2v) is 5.04. The van der Waals surface area contributed by atoms with E-state index in [1.807, 2.05) is 6.07 Å². The Bertz CT molecular complexity index is 347. The van der Waals surface area contributed by atoms with Crippen LogP contribution in [-0.2, 0) is 0 Å². The summed E-state index contributed by atoms with van der Waals surface area (Å²) in [7, 11) is 0. The fourth-order valence-electron chi connectivity index (χ4n) is 1.95. The van der Waals surface area contributed by atoms with Crippen molar-refractivity contribution in [3.05, 3.63) is 24.3 Å². The van der Waals surface area contributed by atoms with E-state index in [1.54, 1.807) is 0 Å². The topological polar surface area (TPSA) is 21.3 Å². The highest BCUT2D eigenvalue weighted by Gasteiger charge is 2.16. The van der Waals surface area contributed by atoms with E-state index < -0.39 is 0 Å². The molecule has 1 unspecified atom stereocenters. The number of nitrogens with one attached hydrogen (secondary N) is 1. The van der Waals surface area contributed by atoms with Crippen molar-refractivity contribution in [2.75, 3.05) is 11.9 Å². The van der Waals surface area contributed by atoms with Crippen LogP contribution in [0.5, 0.6) is 5.75 Å². The largest absolute Gasteiger partial charge is 0.491 e. The van der Waals surface area contributed by atoms with E-state index in [1.165, 1.54) is 24.9 Å². The van der Waals surface area contributed by atoms with Gasteiger partial charge in [-0.05, 0) is 44.2 Å². The number of hydrogen-bond donors (Lipinski definition) is 1. The van der Waals surface area contributed by atoms with Gasteiger partial charge in [0.25, 0.3) is 0 Å². The van der Waals surface area contributed by atoms with Gasteiger partial charge in [-0.15, -0.1) is 0 Å². The molecular formula is C15H23NO. The Hall–Kier alpha value is -1.18. The molecule has 1 saturated carbocycles. The van der Waals surface area contributed by atoms with Crippen LogP contribution in [0.1, 0.15) is 39.5 Å². The van der Waals surface area contributed by atoms with Crippen LogP contribution in [0, 0.1) is 5.92 Å². The van der Waals surface area contributed by atoms with Crippen molar-refractivity contribution in [2.45, 2.75) is 45.6 Å². The van der Waals surface area contributed by atoms with E-state index in [0.29, 0.717) is 0 Å². The molecule has 94 valence electrons. The summed E-state index contributed by atoms with van der Waals surface area (Å²) in [5.41, 5.74) is 1.18. The fourth-order valence-corrected chi connectivity index (χ4v) is 1.95. The summed E-state index contributed by atoms with van der Waals surface area (Å²) in [5, 5.41) is 3.50. The molecule has 0 bridgehead atoms. The summed E-state index contributed by atoms with van der Waals surface area (Å²) in [6, 6.07) is 8.30. The molecule has 1 aromatic rings. The molecule has 0 aromatic heterocycles. The summed E-state index contributed by atoms with van der Waals surface area (Å²) in [6.07, 6.45) is 5.51. The molecule has 1 atom stereocenters. The first-order valence-corrected chi connectivity index (χ1v) is 6.78. The van der Waals surface area contributed by atoms with Crippen molar-refractivity contribution in [1.29, 1.82) is 0 Å². The third kappa shape index (κ3) is 3.65. The first kappa shape index (κ1) is 12.3. The minimum Gasteiger partial charge on any atom is -0.491 e. The third-order valence-electron chi connectivity index (χ3n) is 3.57. The van der Waals surface area contributed by atoms with Crippen LogP contribution in [-0.4, -0.2) is 12.6 Å². The van der Waals surface area contributed by atoms with Crippen LogP contribution < -0.4 is 10.1 Å². The van der Waals surface area contributed by atoms with Gasteiger partial charge < -0.3 is 10.1 Å². The van der Waals surface area contributed by atoms with Gasteiger partial charge in [0.15, 0.2) is 0 Å². The summed E-state index contributed by atoms with van der Waals surface area (Å²) < 4.78 is 5.81. The van der Waals surface area contributed by atoms with E-state index in [-0.39, 0.29) is 6.10 Å². The lowest BCUT2D eigenvalue weighted by Crippen LogP contribution is -2.20. The first-order chi connectivity index (χ1) is 8.28. The van der Waals surface area contributed by atoms with E-state index in [4.69, 9.17) is 4.74 Å². The van der Waals surface area contributed by atoms with Gasteiger partial charge in [0, 0.05) is 18.3 Å². The highest BCUT2D eigenvalue weighted by Crippen LogP contribution is 2.27. The minimum absolute atomic E-state index is 0.289. The van der Waals surface area contributed by atoms with Crippen LogP contribution in [0.2, 0.25) is 0 Å². The van der Waals surface area contributed by atoms with Crippen molar-refractivity contribution in [3.8, 4) is 5.75 Å². The molecule has 1 fully saturated rings. The van der Waals surface area contributed by atoms with Crippen LogP contribution in [0.4, 0.5) is 5.69 Å². The van der Waals surface area contributed by atoms with Crippen molar-refractivity contribution < 1.29 is 4.74 Å². The van der Waals surface area contributed by atoms with Crippen molar-refractivity contribution in [2.24, 2.45) is 5.92 Å². The Labute approximate surface area is 104 Å². The van der Waals surface area contributed by atoms with Gasteiger partial charge in [-0.2, -0.15) is 0 Å². The zero-order chi connectivity index (χ0) is 12.1. The van der Waals surface area contributed by atoms with Crippen LogP contribution >= 0.6 is 0 Å². The summed E-state index contributed by atoms with van der Waals surface area (Å²) in [4.78, 5) is 0. The number of hydrogen-bond acceptors (Lipinski definition) is 2. The summed E-state index contributed by atoms with van der Waals surface area (Å²) in [6.45, 7) is 5.35. The molecule has 0 heterocycles. The van der Waals surface area contributed by atoms with Crippen molar-refractivity contribution in [1.82, 2.24) is 0 Å². The van der Waals surface area contributed by atoms with Gasteiger partial charge in [0.05, 0.1) is 6.10 Å². The Balaban J connectivity index is 1.86. The molecule has 1 aromatic carbocycles. The molecular weight excluding hydrogens is 210 g/mol. The molecule has 1 N–H and O–H groups in total. The predicted molar refractivity (Wildman–Crippen MR) is 72.7 cm³/mol. The van der Waals surface area contributed by atoms with Gasteiger partial charge in [-0.25, -0.2) is 0 Å². The number of ether oxygens (including phenoxy) is 1. The van der Waals surface area contributed by atoms with E-state index in [9.17, 15) is 0 Å². The van der Waals surface area contributed by atoms with Crippen LogP contribution in [0.25, 0.3) is 0 Å². The Morgan fingerprint density at radius 1 is 1.41 bits per heavy atom. The SMILES string of the molecule is CCC(C)Oc1cccc(NCC2CCC2)c1. The van der Waals surface area contributed by atoms with Gasteiger partial charge in [-0.3, -0.25) is 0 Å². The lowest BCUT2D eigenvalue weighted by atomic mass is 9.85. The standard InChI is InChI=1S/C15H23NO/c1-3-12(2)17-15-9-5-8-14(10-15)16-11-13-6-4-7-13/h5,8-10,12-13,16H,3-4,6-7,11H2,1-2H3. The van der Waals surface area contributed by atoms with Gasteiger partial charge in [-0.1, -0.05) is 19.4 Å². The van der Waals surface area contributed by atoms with Crippen molar-refractivity contribution >= 4 is 5.69 Å². The minimum atomic E-state index is 0.289. The summed E-state index contributed by atoms with van der Waals surface area (Å²) in [5.74, 6) is 1.85. The number of anilines is 1. The molecule has 17 heavy (non-hydrogen) atoms. The number of rotatable bonds is 6. The molecule has 0 saturated heterocycles. The monoisotopic (exact) mass is 233 g/mol. The van der Waals surface area contributed by atoms with E-state index >= 15 is 0 Å². The molecule has 2 nitrogen and oxygen atoms in total. The van der Waals surface area contributed by atoms with E-state index in [2.05, 4.69) is 37.4 Å². The molecule has 0 radical (unpaired) electrons. The highest BCUT2D eigenvalue weighted by atomic mass is 16.5. The molecule has 0 spiro atoms. The molecule has 0 aliphatic heterocycles. The average Bonchev–Trinajstić information content (AvgIpc) is 2.27. The van der Waals surface area contributed by atoms with Crippen molar-refractivity contribution in [3.63, 3.8) is 0 Å².